The van der Waals surface area contributed by atoms with E-state index in [0.717, 1.165) is 16.7 Å². The van der Waals surface area contributed by atoms with Crippen LogP contribution < -0.4 is 4.74 Å². The number of aryl methyl sites for hydroxylation is 1. The monoisotopic (exact) mass is 471 g/mol. The summed E-state index contributed by atoms with van der Waals surface area (Å²) in [5.74, 6) is 1.28. The van der Waals surface area contributed by atoms with E-state index in [2.05, 4.69) is 22.3 Å². The van der Waals surface area contributed by atoms with Crippen molar-refractivity contribution in [2.75, 3.05) is 13.1 Å². The summed E-state index contributed by atoms with van der Waals surface area (Å²) in [7, 11) is 0. The molecule has 0 radical (unpaired) electrons. The molecule has 1 fully saturated rings. The number of carbonyl (C=O) groups excluding carboxylic acids is 1. The number of hydrogen-bond acceptors (Lipinski definition) is 6. The molecule has 1 aliphatic carbocycles. The van der Waals surface area contributed by atoms with Crippen LogP contribution in [-0.4, -0.2) is 45.1 Å². The summed E-state index contributed by atoms with van der Waals surface area (Å²) < 4.78 is 11.3. The number of carbonyl (C=O) groups is 2. The van der Waals surface area contributed by atoms with Crippen molar-refractivity contribution in [3.8, 4) is 17.2 Å². The van der Waals surface area contributed by atoms with E-state index >= 15 is 0 Å². The molecular formula is C27H25N3O5. The lowest BCUT2D eigenvalue weighted by molar-refractivity contribution is -0.133. The number of carboxylic acid groups (broad SMARTS) is 1. The van der Waals surface area contributed by atoms with E-state index in [1.165, 1.54) is 0 Å². The van der Waals surface area contributed by atoms with E-state index < -0.39 is 5.97 Å². The van der Waals surface area contributed by atoms with Crippen molar-refractivity contribution in [1.82, 2.24) is 15.0 Å². The van der Waals surface area contributed by atoms with Gasteiger partial charge in [-0.2, -0.15) is 4.98 Å². The average molecular weight is 472 g/mol. The molecule has 2 aromatic carbocycles. The number of aliphatic carboxylic acids is 1. The van der Waals surface area contributed by atoms with Crippen LogP contribution in [0.25, 0.3) is 11.5 Å². The van der Waals surface area contributed by atoms with Gasteiger partial charge in [0.25, 0.3) is 5.89 Å². The van der Waals surface area contributed by atoms with Gasteiger partial charge in [0.2, 0.25) is 5.91 Å². The lowest BCUT2D eigenvalue weighted by atomic mass is 9.96. The van der Waals surface area contributed by atoms with Gasteiger partial charge in [-0.3, -0.25) is 4.79 Å². The number of nitrogens with zero attached hydrogens (tertiary/aromatic N) is 3. The Bertz CT molecular complexity index is 1310. The molecule has 0 spiro atoms. The van der Waals surface area contributed by atoms with Gasteiger partial charge in [-0.15, -0.1) is 0 Å². The highest BCUT2D eigenvalue weighted by Crippen LogP contribution is 2.32. The first-order chi connectivity index (χ1) is 17.0. The lowest BCUT2D eigenvalue weighted by Crippen LogP contribution is -2.29. The van der Waals surface area contributed by atoms with E-state index in [0.29, 0.717) is 55.6 Å². The first kappa shape index (κ1) is 22.6. The third-order valence-electron chi connectivity index (χ3n) is 6.35. The Morgan fingerprint density at radius 3 is 2.60 bits per heavy atom. The zero-order valence-corrected chi connectivity index (χ0v) is 19.3. The van der Waals surface area contributed by atoms with E-state index in [1.807, 2.05) is 35.2 Å². The molecule has 2 heterocycles. The van der Waals surface area contributed by atoms with E-state index in [4.69, 9.17) is 9.26 Å². The molecule has 178 valence electrons. The summed E-state index contributed by atoms with van der Waals surface area (Å²) in [6.45, 7) is 2.80. The van der Waals surface area contributed by atoms with E-state index in [9.17, 15) is 14.7 Å². The highest BCUT2D eigenvalue weighted by Gasteiger charge is 2.32. The quantitative estimate of drug-likeness (QED) is 0.541. The smallest absolute Gasteiger partial charge is 0.331 e. The molecule has 3 aromatic rings. The van der Waals surface area contributed by atoms with Crippen LogP contribution >= 0.6 is 0 Å². The fourth-order valence-corrected chi connectivity index (χ4v) is 4.48. The van der Waals surface area contributed by atoms with Gasteiger partial charge >= 0.3 is 5.97 Å². The SMILES string of the molecule is Cc1noc(-c2ccc(OC3=C(CN4CC(c5ccccc5)CC4=O)CCC(C(=O)O)=C3)cc2)n1. The first-order valence-corrected chi connectivity index (χ1v) is 11.5. The summed E-state index contributed by atoms with van der Waals surface area (Å²) in [6, 6.07) is 17.2. The molecule has 8 nitrogen and oxygen atoms in total. The normalized spacial score (nSPS) is 18.1. The second kappa shape index (κ2) is 9.58. The highest BCUT2D eigenvalue weighted by molar-refractivity contribution is 5.87. The van der Waals surface area contributed by atoms with Crippen LogP contribution in [-0.2, 0) is 9.59 Å². The van der Waals surface area contributed by atoms with Gasteiger partial charge in [-0.25, -0.2) is 4.79 Å². The number of carboxylic acids is 1. The largest absolute Gasteiger partial charge is 0.478 e. The van der Waals surface area contributed by atoms with Crippen molar-refractivity contribution in [3.63, 3.8) is 0 Å². The van der Waals surface area contributed by atoms with Crippen molar-refractivity contribution >= 4 is 11.9 Å². The van der Waals surface area contributed by atoms with Crippen LogP contribution in [0.1, 0.15) is 36.6 Å². The Balaban J connectivity index is 1.36. The van der Waals surface area contributed by atoms with Gasteiger partial charge in [0.05, 0.1) is 0 Å². The molecule has 2 aliphatic rings. The highest BCUT2D eigenvalue weighted by atomic mass is 16.5. The van der Waals surface area contributed by atoms with Gasteiger partial charge in [-0.05, 0) is 61.2 Å². The van der Waals surface area contributed by atoms with Crippen LogP contribution in [0.15, 0.2) is 82.1 Å². The van der Waals surface area contributed by atoms with Crippen molar-refractivity contribution < 1.29 is 24.0 Å². The number of likely N-dealkylation sites (tertiary alicyclic amines) is 1. The Morgan fingerprint density at radius 1 is 1.14 bits per heavy atom. The minimum atomic E-state index is -0.964. The summed E-state index contributed by atoms with van der Waals surface area (Å²) in [5.41, 5.74) is 3.11. The molecule has 0 bridgehead atoms. The first-order valence-electron chi connectivity index (χ1n) is 11.5. The van der Waals surface area contributed by atoms with Gasteiger partial charge in [-0.1, -0.05) is 35.5 Å². The van der Waals surface area contributed by atoms with Crippen molar-refractivity contribution in [1.29, 1.82) is 0 Å². The predicted octanol–water partition coefficient (Wildman–Crippen LogP) is 4.50. The van der Waals surface area contributed by atoms with Crippen LogP contribution in [0.2, 0.25) is 0 Å². The number of amides is 1. The van der Waals surface area contributed by atoms with Crippen LogP contribution in [0, 0.1) is 6.92 Å². The summed E-state index contributed by atoms with van der Waals surface area (Å²) >= 11 is 0. The van der Waals surface area contributed by atoms with Gasteiger partial charge in [0.15, 0.2) is 5.82 Å². The molecule has 0 saturated carbocycles. The van der Waals surface area contributed by atoms with Crippen molar-refractivity contribution in [3.05, 3.63) is 89.0 Å². The van der Waals surface area contributed by atoms with Gasteiger partial charge < -0.3 is 19.3 Å². The maximum Gasteiger partial charge on any atom is 0.331 e. The number of allylic oxidation sites excluding steroid dienone is 1. The molecule has 1 N–H and O–H groups in total. The van der Waals surface area contributed by atoms with E-state index in [-0.39, 0.29) is 17.4 Å². The minimum Gasteiger partial charge on any atom is -0.478 e. The fraction of sp³-hybridized carbons (Fsp3) is 0.259. The molecule has 1 unspecified atom stereocenters. The lowest BCUT2D eigenvalue weighted by Gasteiger charge is -2.24. The number of aromatic nitrogens is 2. The molecule has 8 heteroatoms. The van der Waals surface area contributed by atoms with Crippen molar-refractivity contribution in [2.45, 2.75) is 32.1 Å². The summed E-state index contributed by atoms with van der Waals surface area (Å²) in [6.07, 6.45) is 2.97. The van der Waals surface area contributed by atoms with Gasteiger partial charge in [0, 0.05) is 36.6 Å². The number of ether oxygens (including phenoxy) is 1. The molecule has 1 aromatic heterocycles. The number of benzene rings is 2. The standard InChI is InChI=1S/C27H25N3O5/c1-17-28-26(35-29-17)19-9-11-23(12-10-19)34-24-13-20(27(32)33)7-8-21(24)15-30-16-22(14-25(30)31)18-5-3-2-4-6-18/h2-6,9-13,22H,7-8,14-16H2,1H3,(H,32,33). The Kier molecular flexibility index (Phi) is 6.18. The maximum absolute atomic E-state index is 12.8. The molecule has 5 rings (SSSR count). The zero-order valence-electron chi connectivity index (χ0n) is 19.3. The second-order valence-corrected chi connectivity index (χ2v) is 8.80. The molecule has 35 heavy (non-hydrogen) atoms. The molecule has 1 atom stereocenters. The zero-order chi connectivity index (χ0) is 24.4. The maximum atomic E-state index is 12.8. The third-order valence-corrected chi connectivity index (χ3v) is 6.35. The Morgan fingerprint density at radius 2 is 1.91 bits per heavy atom. The number of rotatable bonds is 7. The van der Waals surface area contributed by atoms with Gasteiger partial charge in [0.1, 0.15) is 11.5 Å². The average Bonchev–Trinajstić information content (AvgIpc) is 3.46. The molecule has 1 amide bonds. The second-order valence-electron chi connectivity index (χ2n) is 8.80. The summed E-state index contributed by atoms with van der Waals surface area (Å²) in [4.78, 5) is 30.5. The predicted molar refractivity (Wildman–Crippen MR) is 127 cm³/mol. The topological polar surface area (TPSA) is 106 Å². The Labute approximate surface area is 202 Å². The van der Waals surface area contributed by atoms with Crippen molar-refractivity contribution in [2.24, 2.45) is 0 Å². The summed E-state index contributed by atoms with van der Waals surface area (Å²) in [5, 5.41) is 13.3. The molecule has 1 saturated heterocycles. The van der Waals surface area contributed by atoms with Crippen LogP contribution in [0.5, 0.6) is 5.75 Å². The number of hydrogen-bond donors (Lipinski definition) is 1. The molecular weight excluding hydrogens is 446 g/mol. The third kappa shape index (κ3) is 5.01. The van der Waals surface area contributed by atoms with Crippen LogP contribution in [0.4, 0.5) is 0 Å². The van der Waals surface area contributed by atoms with Crippen LogP contribution in [0.3, 0.4) is 0 Å². The minimum absolute atomic E-state index is 0.0953. The Hall–Kier alpha value is -4.20. The molecule has 1 aliphatic heterocycles. The van der Waals surface area contributed by atoms with E-state index in [1.54, 1.807) is 25.1 Å². The fourth-order valence-electron chi connectivity index (χ4n) is 4.48.